The summed E-state index contributed by atoms with van der Waals surface area (Å²) in [5.74, 6) is 0.451. The van der Waals surface area contributed by atoms with E-state index in [0.29, 0.717) is 18.9 Å². The van der Waals surface area contributed by atoms with E-state index in [9.17, 15) is 8.42 Å². The van der Waals surface area contributed by atoms with E-state index < -0.39 is 10.0 Å². The molecule has 1 atom stereocenters. The topological polar surface area (TPSA) is 62.3 Å². The van der Waals surface area contributed by atoms with Crippen LogP contribution in [-0.2, 0) is 10.0 Å². The van der Waals surface area contributed by atoms with Crippen molar-refractivity contribution in [1.82, 2.24) is 9.29 Å². The van der Waals surface area contributed by atoms with Crippen molar-refractivity contribution in [2.45, 2.75) is 44.0 Å². The highest BCUT2D eigenvalue weighted by atomic mass is 32.2. The first-order valence-corrected chi connectivity index (χ1v) is 8.26. The predicted octanol–water partition coefficient (Wildman–Crippen LogP) is 2.08. The molecule has 106 valence electrons. The summed E-state index contributed by atoms with van der Waals surface area (Å²) in [5, 5.41) is 3.02. The van der Waals surface area contributed by atoms with Gasteiger partial charge >= 0.3 is 0 Å². The Morgan fingerprint density at radius 2 is 2.26 bits per heavy atom. The molecule has 0 bridgehead atoms. The molecule has 1 aromatic heterocycles. The van der Waals surface area contributed by atoms with E-state index in [2.05, 4.69) is 10.3 Å². The Kier molecular flexibility index (Phi) is 4.42. The lowest BCUT2D eigenvalue weighted by molar-refractivity contribution is 0.379. The molecule has 1 fully saturated rings. The number of rotatable bonds is 5. The summed E-state index contributed by atoms with van der Waals surface area (Å²) in [4.78, 5) is 4.43. The highest BCUT2D eigenvalue weighted by molar-refractivity contribution is 7.89. The Balaban J connectivity index is 2.39. The summed E-state index contributed by atoms with van der Waals surface area (Å²) in [6.45, 7) is 5.22. The number of hydrogen-bond donors (Lipinski definition) is 1. The summed E-state index contributed by atoms with van der Waals surface area (Å²) >= 11 is 0. The Morgan fingerprint density at radius 3 is 2.95 bits per heavy atom. The molecule has 1 aliphatic rings. The molecular formula is C13H21N3O2S. The van der Waals surface area contributed by atoms with E-state index in [1.165, 1.54) is 0 Å². The van der Waals surface area contributed by atoms with Crippen molar-refractivity contribution in [1.29, 1.82) is 0 Å². The number of aromatic nitrogens is 1. The number of hydrogen-bond acceptors (Lipinski definition) is 4. The van der Waals surface area contributed by atoms with Crippen LogP contribution in [0.5, 0.6) is 0 Å². The molecule has 1 N–H and O–H groups in total. The maximum atomic E-state index is 12.7. The minimum Gasteiger partial charge on any atom is -0.369 e. The second-order valence-electron chi connectivity index (χ2n) is 4.70. The van der Waals surface area contributed by atoms with Crippen molar-refractivity contribution in [3.8, 4) is 0 Å². The molecule has 1 aliphatic heterocycles. The maximum Gasteiger partial charge on any atom is 0.246 e. The van der Waals surface area contributed by atoms with Gasteiger partial charge in [-0.3, -0.25) is 0 Å². The third-order valence-corrected chi connectivity index (χ3v) is 5.48. The minimum atomic E-state index is -3.44. The first-order valence-electron chi connectivity index (χ1n) is 6.82. The van der Waals surface area contributed by atoms with Gasteiger partial charge in [0.2, 0.25) is 10.0 Å². The van der Waals surface area contributed by atoms with Gasteiger partial charge < -0.3 is 5.32 Å². The molecule has 1 unspecified atom stereocenters. The molecule has 6 heteroatoms. The Morgan fingerprint density at radius 1 is 1.47 bits per heavy atom. The van der Waals surface area contributed by atoms with Gasteiger partial charge in [-0.15, -0.1) is 0 Å². The fraction of sp³-hybridized carbons (Fsp3) is 0.615. The second-order valence-corrected chi connectivity index (χ2v) is 6.56. The van der Waals surface area contributed by atoms with Crippen molar-refractivity contribution >= 4 is 15.8 Å². The van der Waals surface area contributed by atoms with Gasteiger partial charge in [-0.25, -0.2) is 13.4 Å². The minimum absolute atomic E-state index is 0.125. The summed E-state index contributed by atoms with van der Waals surface area (Å²) in [5.41, 5.74) is 0. The van der Waals surface area contributed by atoms with Gasteiger partial charge in [-0.2, -0.15) is 4.31 Å². The lowest BCUT2D eigenvalue weighted by Crippen LogP contribution is -2.35. The van der Waals surface area contributed by atoms with E-state index in [1.54, 1.807) is 22.6 Å². The Bertz CT molecular complexity index is 530. The van der Waals surface area contributed by atoms with Crippen molar-refractivity contribution in [2.75, 3.05) is 18.4 Å². The summed E-state index contributed by atoms with van der Waals surface area (Å²) in [6.07, 6.45) is 4.36. The van der Waals surface area contributed by atoms with E-state index in [4.69, 9.17) is 0 Å². The highest BCUT2D eigenvalue weighted by Gasteiger charge is 2.35. The fourth-order valence-electron chi connectivity index (χ4n) is 2.56. The molecule has 0 aliphatic carbocycles. The van der Waals surface area contributed by atoms with Gasteiger partial charge in [0.05, 0.1) is 0 Å². The maximum absolute atomic E-state index is 12.7. The highest BCUT2D eigenvalue weighted by Crippen LogP contribution is 2.30. The van der Waals surface area contributed by atoms with Gasteiger partial charge in [0.25, 0.3) is 0 Å². The standard InChI is InChI=1S/C13H21N3O2S/c1-3-11-7-6-10-16(11)19(17,18)12-8-5-9-15-13(12)14-4-2/h5,8-9,11H,3-4,6-7,10H2,1-2H3,(H,14,15). The SMILES string of the molecule is CCNc1ncccc1S(=O)(=O)N1CCCC1CC. The molecule has 0 aromatic carbocycles. The van der Waals surface area contributed by atoms with E-state index in [0.717, 1.165) is 19.3 Å². The van der Waals surface area contributed by atoms with Crippen molar-refractivity contribution in [3.63, 3.8) is 0 Å². The molecule has 1 saturated heterocycles. The molecule has 5 nitrogen and oxygen atoms in total. The van der Waals surface area contributed by atoms with Crippen LogP contribution in [0.3, 0.4) is 0 Å². The summed E-state index contributed by atoms with van der Waals surface area (Å²) in [7, 11) is -3.44. The molecule has 0 amide bonds. The van der Waals surface area contributed by atoms with Crippen LogP contribution < -0.4 is 5.32 Å². The van der Waals surface area contributed by atoms with Crippen LogP contribution in [0.1, 0.15) is 33.1 Å². The van der Waals surface area contributed by atoms with Gasteiger partial charge in [-0.1, -0.05) is 6.92 Å². The van der Waals surface area contributed by atoms with Crippen LogP contribution in [0.15, 0.2) is 23.2 Å². The number of nitrogens with zero attached hydrogens (tertiary/aromatic N) is 2. The lowest BCUT2D eigenvalue weighted by atomic mass is 10.2. The number of anilines is 1. The molecule has 2 heterocycles. The number of nitrogens with one attached hydrogen (secondary N) is 1. The third-order valence-electron chi connectivity index (χ3n) is 3.50. The van der Waals surface area contributed by atoms with E-state index in [-0.39, 0.29) is 10.9 Å². The lowest BCUT2D eigenvalue weighted by Gasteiger charge is -2.24. The van der Waals surface area contributed by atoms with E-state index >= 15 is 0 Å². The van der Waals surface area contributed by atoms with Crippen molar-refractivity contribution < 1.29 is 8.42 Å². The molecule has 0 spiro atoms. The quantitative estimate of drug-likeness (QED) is 0.898. The fourth-order valence-corrected chi connectivity index (χ4v) is 4.45. The van der Waals surface area contributed by atoms with Gasteiger partial charge in [0.15, 0.2) is 0 Å². The van der Waals surface area contributed by atoms with Crippen molar-refractivity contribution in [2.24, 2.45) is 0 Å². The molecule has 19 heavy (non-hydrogen) atoms. The molecule has 2 rings (SSSR count). The average Bonchev–Trinajstić information content (AvgIpc) is 2.88. The largest absolute Gasteiger partial charge is 0.369 e. The van der Waals surface area contributed by atoms with Gasteiger partial charge in [0.1, 0.15) is 10.7 Å². The van der Waals surface area contributed by atoms with Gasteiger partial charge in [-0.05, 0) is 38.3 Å². The first kappa shape index (κ1) is 14.3. The second kappa shape index (κ2) is 5.88. The number of sulfonamides is 1. The normalized spacial score (nSPS) is 20.6. The van der Waals surface area contributed by atoms with Crippen LogP contribution in [0.4, 0.5) is 5.82 Å². The monoisotopic (exact) mass is 283 g/mol. The smallest absolute Gasteiger partial charge is 0.246 e. The zero-order chi connectivity index (χ0) is 13.9. The zero-order valence-electron chi connectivity index (χ0n) is 11.5. The van der Waals surface area contributed by atoms with Crippen LogP contribution in [0.25, 0.3) is 0 Å². The number of pyridine rings is 1. The molecule has 0 radical (unpaired) electrons. The van der Waals surface area contributed by atoms with Crippen LogP contribution in [0.2, 0.25) is 0 Å². The van der Waals surface area contributed by atoms with E-state index in [1.807, 2.05) is 13.8 Å². The average molecular weight is 283 g/mol. The summed E-state index contributed by atoms with van der Waals surface area (Å²) in [6, 6.07) is 3.43. The zero-order valence-corrected chi connectivity index (χ0v) is 12.3. The third kappa shape index (κ3) is 2.74. The Labute approximate surface area is 115 Å². The van der Waals surface area contributed by atoms with Gasteiger partial charge in [0, 0.05) is 25.3 Å². The van der Waals surface area contributed by atoms with Crippen LogP contribution >= 0.6 is 0 Å². The predicted molar refractivity (Wildman–Crippen MR) is 75.6 cm³/mol. The summed E-state index contributed by atoms with van der Waals surface area (Å²) < 4.78 is 27.1. The molecular weight excluding hydrogens is 262 g/mol. The molecule has 0 saturated carbocycles. The van der Waals surface area contributed by atoms with Crippen LogP contribution in [-0.4, -0.2) is 36.8 Å². The van der Waals surface area contributed by atoms with Crippen LogP contribution in [0, 0.1) is 0 Å². The Hall–Kier alpha value is -1.14. The first-order chi connectivity index (χ1) is 9.11. The molecule has 1 aromatic rings. The van der Waals surface area contributed by atoms with Crippen molar-refractivity contribution in [3.05, 3.63) is 18.3 Å².